The molecule has 1 aromatic rings. The van der Waals surface area contributed by atoms with Gasteiger partial charge in [-0.1, -0.05) is 22.9 Å². The molecule has 1 aliphatic rings. The van der Waals surface area contributed by atoms with Crippen LogP contribution in [0.5, 0.6) is 0 Å². The van der Waals surface area contributed by atoms with Gasteiger partial charge in [-0.3, -0.25) is 4.79 Å². The Morgan fingerprint density at radius 2 is 1.74 bits per heavy atom. The largest absolute Gasteiger partial charge is 0.340 e. The predicted octanol–water partition coefficient (Wildman–Crippen LogP) is 1.30. The molecule has 1 amide bonds. The fourth-order valence-electron chi connectivity index (χ4n) is 2.32. The maximum Gasteiger partial charge on any atom is 0.243 e. The molecule has 1 atom stereocenters. The van der Waals surface area contributed by atoms with E-state index in [-0.39, 0.29) is 29.1 Å². The second-order valence-corrected chi connectivity index (χ2v) is 8.17. The lowest BCUT2D eigenvalue weighted by Gasteiger charge is -2.35. The first-order valence-electron chi connectivity index (χ1n) is 7.11. The number of halogens is 2. The first-order valence-corrected chi connectivity index (χ1v) is 9.34. The van der Waals surface area contributed by atoms with Gasteiger partial charge in [0.25, 0.3) is 0 Å². The van der Waals surface area contributed by atoms with Crippen LogP contribution in [0.3, 0.4) is 0 Å². The lowest BCUT2D eigenvalue weighted by molar-refractivity contribution is -0.135. The lowest BCUT2D eigenvalue weighted by Crippen LogP contribution is -2.52. The van der Waals surface area contributed by atoms with Crippen molar-refractivity contribution in [1.29, 1.82) is 0 Å². The number of hydrogen-bond acceptors (Lipinski definition) is 4. The van der Waals surface area contributed by atoms with Crippen molar-refractivity contribution < 1.29 is 13.2 Å². The average Bonchev–Trinajstić information content (AvgIpc) is 2.54. The molecule has 6 nitrogen and oxygen atoms in total. The molecule has 9 heteroatoms. The Hall–Kier alpha value is -0.670. The SMILES string of the molecule is CC(CN)C(=O)N1CCN(S(=O)(=O)c2ccc(Br)cc2)CC1.Cl. The van der Waals surface area contributed by atoms with Crippen LogP contribution >= 0.6 is 28.3 Å². The molecule has 2 rings (SSSR count). The molecule has 1 aromatic carbocycles. The van der Waals surface area contributed by atoms with E-state index >= 15 is 0 Å². The Bertz CT molecular complexity index is 631. The van der Waals surface area contributed by atoms with Crippen molar-refractivity contribution in [1.82, 2.24) is 9.21 Å². The maximum absolute atomic E-state index is 12.6. The molecule has 23 heavy (non-hydrogen) atoms. The van der Waals surface area contributed by atoms with E-state index in [0.717, 1.165) is 4.47 Å². The number of hydrogen-bond donors (Lipinski definition) is 1. The summed E-state index contributed by atoms with van der Waals surface area (Å²) < 4.78 is 27.4. The van der Waals surface area contributed by atoms with Crippen LogP contribution in [-0.4, -0.2) is 56.3 Å². The molecule has 0 aliphatic carbocycles. The molecule has 0 bridgehead atoms. The number of amides is 1. The molecule has 130 valence electrons. The third-order valence-electron chi connectivity index (χ3n) is 3.78. The van der Waals surface area contributed by atoms with Gasteiger partial charge in [0.15, 0.2) is 0 Å². The topological polar surface area (TPSA) is 83.7 Å². The van der Waals surface area contributed by atoms with Gasteiger partial charge in [-0.2, -0.15) is 4.31 Å². The van der Waals surface area contributed by atoms with Crippen LogP contribution < -0.4 is 5.73 Å². The third-order valence-corrected chi connectivity index (χ3v) is 6.22. The summed E-state index contributed by atoms with van der Waals surface area (Å²) in [5.74, 6) is -0.238. The first kappa shape index (κ1) is 20.4. The van der Waals surface area contributed by atoms with E-state index in [0.29, 0.717) is 32.7 Å². The number of sulfonamides is 1. The van der Waals surface area contributed by atoms with E-state index in [4.69, 9.17) is 5.73 Å². The van der Waals surface area contributed by atoms with Crippen molar-refractivity contribution >= 4 is 44.3 Å². The van der Waals surface area contributed by atoms with E-state index < -0.39 is 10.0 Å². The van der Waals surface area contributed by atoms with Crippen molar-refractivity contribution in [3.63, 3.8) is 0 Å². The van der Waals surface area contributed by atoms with Gasteiger partial charge in [-0.15, -0.1) is 12.4 Å². The number of carbonyl (C=O) groups excluding carboxylic acids is 1. The van der Waals surface area contributed by atoms with Gasteiger partial charge in [-0.25, -0.2) is 8.42 Å². The lowest BCUT2D eigenvalue weighted by atomic mass is 10.1. The summed E-state index contributed by atoms with van der Waals surface area (Å²) in [4.78, 5) is 14.0. The number of carbonyl (C=O) groups is 1. The number of piperazine rings is 1. The van der Waals surface area contributed by atoms with E-state index in [1.165, 1.54) is 4.31 Å². The van der Waals surface area contributed by atoms with Crippen LogP contribution in [-0.2, 0) is 14.8 Å². The minimum atomic E-state index is -3.50. The highest BCUT2D eigenvalue weighted by Crippen LogP contribution is 2.20. The molecule has 2 N–H and O–H groups in total. The van der Waals surface area contributed by atoms with Crippen molar-refractivity contribution in [2.75, 3.05) is 32.7 Å². The predicted molar refractivity (Wildman–Crippen MR) is 94.9 cm³/mol. The summed E-state index contributed by atoms with van der Waals surface area (Å²) in [7, 11) is -3.50. The summed E-state index contributed by atoms with van der Waals surface area (Å²) in [6.45, 7) is 3.50. The summed E-state index contributed by atoms with van der Waals surface area (Å²) in [5, 5.41) is 0. The molecule has 0 aromatic heterocycles. The number of benzene rings is 1. The molecular weight excluding hydrogens is 406 g/mol. The zero-order chi connectivity index (χ0) is 16.3. The fraction of sp³-hybridized carbons (Fsp3) is 0.500. The van der Waals surface area contributed by atoms with E-state index in [9.17, 15) is 13.2 Å². The Balaban J connectivity index is 0.00000264. The molecule has 1 saturated heterocycles. The van der Waals surface area contributed by atoms with Crippen molar-refractivity contribution in [3.8, 4) is 0 Å². The zero-order valence-corrected chi connectivity index (χ0v) is 16.0. The number of rotatable bonds is 4. The Morgan fingerprint density at radius 3 is 2.22 bits per heavy atom. The summed E-state index contributed by atoms with van der Waals surface area (Å²) in [5.41, 5.74) is 5.51. The zero-order valence-electron chi connectivity index (χ0n) is 12.8. The van der Waals surface area contributed by atoms with E-state index in [1.807, 2.05) is 0 Å². The first-order chi connectivity index (χ1) is 10.4. The molecule has 1 unspecified atom stereocenters. The second-order valence-electron chi connectivity index (χ2n) is 5.32. The van der Waals surface area contributed by atoms with Gasteiger partial charge in [0.1, 0.15) is 0 Å². The Morgan fingerprint density at radius 1 is 1.22 bits per heavy atom. The number of nitrogens with two attached hydrogens (primary N) is 1. The normalized spacial score (nSPS) is 17.4. The highest BCUT2D eigenvalue weighted by atomic mass is 79.9. The van der Waals surface area contributed by atoms with Crippen LogP contribution in [0, 0.1) is 5.92 Å². The smallest absolute Gasteiger partial charge is 0.243 e. The standard InChI is InChI=1S/C14H20BrN3O3S.ClH/c1-11(10-16)14(19)17-6-8-18(9-7-17)22(20,21)13-4-2-12(15)3-5-13;/h2-5,11H,6-10,16H2,1H3;1H. The minimum absolute atomic E-state index is 0. The molecule has 0 saturated carbocycles. The van der Waals surface area contributed by atoms with Crippen LogP contribution in [0.2, 0.25) is 0 Å². The second kappa shape index (κ2) is 8.43. The van der Waals surface area contributed by atoms with Gasteiger partial charge in [-0.05, 0) is 24.3 Å². The summed E-state index contributed by atoms with van der Waals surface area (Å²) in [6.07, 6.45) is 0. The highest BCUT2D eigenvalue weighted by Gasteiger charge is 2.31. The molecule has 1 aliphatic heterocycles. The van der Waals surface area contributed by atoms with Crippen molar-refractivity contribution in [3.05, 3.63) is 28.7 Å². The average molecular weight is 427 g/mol. The van der Waals surface area contributed by atoms with Crippen LogP contribution in [0.15, 0.2) is 33.6 Å². The Kier molecular flexibility index (Phi) is 7.47. The molecule has 0 radical (unpaired) electrons. The highest BCUT2D eigenvalue weighted by molar-refractivity contribution is 9.10. The monoisotopic (exact) mass is 425 g/mol. The minimum Gasteiger partial charge on any atom is -0.340 e. The maximum atomic E-state index is 12.6. The molecule has 1 heterocycles. The van der Waals surface area contributed by atoms with Crippen LogP contribution in [0.1, 0.15) is 6.92 Å². The van der Waals surface area contributed by atoms with E-state index in [1.54, 1.807) is 36.1 Å². The van der Waals surface area contributed by atoms with Gasteiger partial charge in [0, 0.05) is 43.1 Å². The van der Waals surface area contributed by atoms with Gasteiger partial charge < -0.3 is 10.6 Å². The summed E-state index contributed by atoms with van der Waals surface area (Å²) in [6, 6.07) is 6.56. The van der Waals surface area contributed by atoms with Crippen LogP contribution in [0.4, 0.5) is 0 Å². The number of nitrogens with zero attached hydrogens (tertiary/aromatic N) is 2. The van der Waals surface area contributed by atoms with Crippen molar-refractivity contribution in [2.45, 2.75) is 11.8 Å². The fourth-order valence-corrected chi connectivity index (χ4v) is 4.00. The molecule has 1 fully saturated rings. The molecule has 0 spiro atoms. The Labute approximate surface area is 151 Å². The summed E-state index contributed by atoms with van der Waals surface area (Å²) >= 11 is 3.29. The van der Waals surface area contributed by atoms with Gasteiger partial charge in [0.05, 0.1) is 4.90 Å². The van der Waals surface area contributed by atoms with Crippen LogP contribution in [0.25, 0.3) is 0 Å². The van der Waals surface area contributed by atoms with Gasteiger partial charge >= 0.3 is 0 Å². The van der Waals surface area contributed by atoms with Crippen molar-refractivity contribution in [2.24, 2.45) is 11.7 Å². The van der Waals surface area contributed by atoms with Gasteiger partial charge in [0.2, 0.25) is 15.9 Å². The van der Waals surface area contributed by atoms with E-state index in [2.05, 4.69) is 15.9 Å². The third kappa shape index (κ3) is 4.67. The molecular formula is C14H21BrClN3O3S. The quantitative estimate of drug-likeness (QED) is 0.786.